The summed E-state index contributed by atoms with van der Waals surface area (Å²) >= 11 is 0. The van der Waals surface area contributed by atoms with Gasteiger partial charge < -0.3 is 15.0 Å². The van der Waals surface area contributed by atoms with Crippen LogP contribution in [-0.4, -0.2) is 54.7 Å². The number of urea groups is 1. The van der Waals surface area contributed by atoms with E-state index < -0.39 is 0 Å². The Bertz CT molecular complexity index is 678. The number of carbonyl (C=O) groups is 1. The van der Waals surface area contributed by atoms with Gasteiger partial charge in [-0.05, 0) is 69.2 Å². The highest BCUT2D eigenvalue weighted by atomic mass is 16.5. The minimum Gasteiger partial charge on any atom is -0.495 e. The van der Waals surface area contributed by atoms with Gasteiger partial charge in [-0.15, -0.1) is 0 Å². The van der Waals surface area contributed by atoms with Crippen molar-refractivity contribution >= 4 is 11.7 Å². The number of ether oxygens (including phenoxy) is 1. The number of likely N-dealkylation sites (tertiary alicyclic amines) is 1. The normalized spacial score (nSPS) is 29.9. The summed E-state index contributed by atoms with van der Waals surface area (Å²) in [6, 6.07) is 8.80. The molecule has 3 fully saturated rings. The van der Waals surface area contributed by atoms with Crippen LogP contribution in [0.4, 0.5) is 10.5 Å². The summed E-state index contributed by atoms with van der Waals surface area (Å²) < 4.78 is 5.44. The summed E-state index contributed by atoms with van der Waals surface area (Å²) in [6.45, 7) is 5.66. The van der Waals surface area contributed by atoms with Crippen molar-refractivity contribution in [3.8, 4) is 5.75 Å². The molecular weight excluding hydrogens is 350 g/mol. The number of carbonyl (C=O) groups excluding carboxylic acids is 1. The highest BCUT2D eigenvalue weighted by molar-refractivity contribution is 5.91. The first-order chi connectivity index (χ1) is 13.7. The maximum atomic E-state index is 13.4. The Balaban J connectivity index is 1.57. The molecule has 3 aliphatic rings. The van der Waals surface area contributed by atoms with Crippen LogP contribution in [0.2, 0.25) is 0 Å². The molecule has 0 radical (unpaired) electrons. The van der Waals surface area contributed by atoms with Gasteiger partial charge in [0.1, 0.15) is 5.75 Å². The quantitative estimate of drug-likeness (QED) is 0.806. The van der Waals surface area contributed by atoms with Crippen LogP contribution in [0.3, 0.4) is 0 Å². The van der Waals surface area contributed by atoms with Gasteiger partial charge in [0.15, 0.2) is 0 Å². The maximum absolute atomic E-state index is 13.4. The molecule has 3 aliphatic heterocycles. The summed E-state index contributed by atoms with van der Waals surface area (Å²) in [5, 5.41) is 3.16. The number of methoxy groups -OCH3 is 1. The van der Waals surface area contributed by atoms with Crippen LogP contribution in [0.15, 0.2) is 24.3 Å². The van der Waals surface area contributed by atoms with Crippen molar-refractivity contribution in [3.63, 3.8) is 0 Å². The highest BCUT2D eigenvalue weighted by Crippen LogP contribution is 2.43. The molecule has 3 saturated heterocycles. The molecule has 4 rings (SSSR count). The lowest BCUT2D eigenvalue weighted by molar-refractivity contribution is -0.0617. The Hall–Kier alpha value is -1.75. The fourth-order valence-electron chi connectivity index (χ4n) is 5.95. The van der Waals surface area contributed by atoms with Crippen molar-refractivity contribution < 1.29 is 9.53 Å². The van der Waals surface area contributed by atoms with Crippen LogP contribution >= 0.6 is 0 Å². The van der Waals surface area contributed by atoms with Gasteiger partial charge in [0.25, 0.3) is 0 Å². The number of anilines is 1. The lowest BCUT2D eigenvalue weighted by Gasteiger charge is -2.57. The van der Waals surface area contributed by atoms with Crippen molar-refractivity contribution in [2.75, 3.05) is 32.1 Å². The zero-order chi connectivity index (χ0) is 19.5. The van der Waals surface area contributed by atoms with Crippen molar-refractivity contribution in [3.05, 3.63) is 24.3 Å². The molecule has 28 heavy (non-hydrogen) atoms. The first-order valence-electron chi connectivity index (χ1n) is 11.2. The van der Waals surface area contributed by atoms with Crippen molar-refractivity contribution in [2.45, 2.75) is 64.0 Å². The molecule has 3 heterocycles. The van der Waals surface area contributed by atoms with E-state index in [1.165, 1.54) is 51.6 Å². The van der Waals surface area contributed by atoms with E-state index in [4.69, 9.17) is 4.74 Å². The number of hydrogen-bond acceptors (Lipinski definition) is 3. The van der Waals surface area contributed by atoms with E-state index in [0.29, 0.717) is 23.9 Å². The van der Waals surface area contributed by atoms with E-state index in [1.54, 1.807) is 7.11 Å². The predicted octanol–water partition coefficient (Wildman–Crippen LogP) is 4.59. The number of amides is 2. The van der Waals surface area contributed by atoms with E-state index in [2.05, 4.69) is 22.0 Å². The van der Waals surface area contributed by atoms with Gasteiger partial charge in [-0.2, -0.15) is 0 Å². The average molecular weight is 386 g/mol. The Morgan fingerprint density at radius 3 is 2.79 bits per heavy atom. The molecule has 1 aromatic rings. The number of piperidine rings is 3. The summed E-state index contributed by atoms with van der Waals surface area (Å²) in [4.78, 5) is 18.3. The second-order valence-electron chi connectivity index (χ2n) is 8.73. The maximum Gasteiger partial charge on any atom is 0.322 e. The summed E-state index contributed by atoms with van der Waals surface area (Å²) in [5.41, 5.74) is 0.764. The molecule has 4 atom stereocenters. The number of benzene rings is 1. The Morgan fingerprint density at radius 2 is 2.00 bits per heavy atom. The third kappa shape index (κ3) is 3.73. The number of unbranched alkanes of at least 4 members (excludes halogenated alkanes) is 1. The SMILES string of the molecule is CCCC[C@@H]1[C@H]2CCCN3CCC[C@@H](CN1C(=O)Nc1ccccc1OC)[C@@H]23. The van der Waals surface area contributed by atoms with Crippen molar-refractivity contribution in [2.24, 2.45) is 11.8 Å². The van der Waals surface area contributed by atoms with Crippen molar-refractivity contribution in [1.82, 2.24) is 9.80 Å². The molecule has 1 N–H and O–H groups in total. The van der Waals surface area contributed by atoms with Crippen LogP contribution in [0.25, 0.3) is 0 Å². The topological polar surface area (TPSA) is 44.8 Å². The standard InChI is InChI=1S/C23H35N3O2/c1-3-4-12-20-18-10-8-15-25-14-7-9-17(22(18)25)16-26(20)23(27)24-19-11-5-6-13-21(19)28-2/h5-6,11,13,17-18,20,22H,3-4,7-10,12,14-16H2,1-2H3,(H,24,27)/t17-,18+,20+,22-/m0/s1. The van der Waals surface area contributed by atoms with Gasteiger partial charge in [-0.1, -0.05) is 31.9 Å². The lowest BCUT2D eigenvalue weighted by atomic mass is 9.69. The van der Waals surface area contributed by atoms with E-state index in [9.17, 15) is 4.79 Å². The summed E-state index contributed by atoms with van der Waals surface area (Å²) in [6.07, 6.45) is 8.58. The second kappa shape index (κ2) is 8.73. The monoisotopic (exact) mass is 385 g/mol. The highest BCUT2D eigenvalue weighted by Gasteiger charge is 2.49. The zero-order valence-corrected chi connectivity index (χ0v) is 17.4. The molecule has 0 unspecified atom stereocenters. The number of nitrogens with one attached hydrogen (secondary N) is 1. The third-order valence-electron chi connectivity index (χ3n) is 7.13. The number of para-hydroxylation sites is 2. The molecule has 2 amide bonds. The van der Waals surface area contributed by atoms with Crippen molar-refractivity contribution in [1.29, 1.82) is 0 Å². The fourth-order valence-corrected chi connectivity index (χ4v) is 5.95. The molecule has 154 valence electrons. The Morgan fingerprint density at radius 1 is 1.21 bits per heavy atom. The van der Waals surface area contributed by atoms with Gasteiger partial charge in [0.2, 0.25) is 0 Å². The van der Waals surface area contributed by atoms with E-state index in [0.717, 1.165) is 24.4 Å². The molecule has 0 aromatic heterocycles. The lowest BCUT2D eigenvalue weighted by Crippen LogP contribution is -2.66. The molecule has 0 bridgehead atoms. The molecule has 0 aliphatic carbocycles. The largest absolute Gasteiger partial charge is 0.495 e. The van der Waals surface area contributed by atoms with E-state index in [1.807, 2.05) is 24.3 Å². The van der Waals surface area contributed by atoms with Gasteiger partial charge in [-0.25, -0.2) is 4.79 Å². The molecule has 5 heteroatoms. The third-order valence-corrected chi connectivity index (χ3v) is 7.13. The van der Waals surface area contributed by atoms with E-state index in [-0.39, 0.29) is 6.03 Å². The average Bonchev–Trinajstić information content (AvgIpc) is 2.73. The minimum absolute atomic E-state index is 0.0479. The first kappa shape index (κ1) is 19.6. The fraction of sp³-hybridized carbons (Fsp3) is 0.696. The van der Waals surface area contributed by atoms with Crippen LogP contribution in [0, 0.1) is 11.8 Å². The predicted molar refractivity (Wildman–Crippen MR) is 113 cm³/mol. The van der Waals surface area contributed by atoms with Crippen LogP contribution in [-0.2, 0) is 0 Å². The van der Waals surface area contributed by atoms with Crippen LogP contribution < -0.4 is 10.1 Å². The molecule has 0 spiro atoms. The van der Waals surface area contributed by atoms with Crippen LogP contribution in [0.5, 0.6) is 5.75 Å². The molecular formula is C23H35N3O2. The number of hydrogen-bond donors (Lipinski definition) is 1. The Labute approximate surface area is 169 Å². The summed E-state index contributed by atoms with van der Waals surface area (Å²) in [5.74, 6) is 1.97. The number of nitrogens with zero attached hydrogens (tertiary/aromatic N) is 2. The smallest absolute Gasteiger partial charge is 0.322 e. The van der Waals surface area contributed by atoms with Gasteiger partial charge >= 0.3 is 6.03 Å². The Kier molecular flexibility index (Phi) is 6.10. The van der Waals surface area contributed by atoms with Gasteiger partial charge in [0, 0.05) is 18.6 Å². The summed E-state index contributed by atoms with van der Waals surface area (Å²) in [7, 11) is 1.65. The van der Waals surface area contributed by atoms with Crippen LogP contribution in [0.1, 0.15) is 51.9 Å². The zero-order valence-electron chi connectivity index (χ0n) is 17.4. The molecule has 1 aromatic carbocycles. The van der Waals surface area contributed by atoms with Gasteiger partial charge in [0.05, 0.1) is 12.8 Å². The number of rotatable bonds is 5. The first-order valence-corrected chi connectivity index (χ1v) is 11.2. The van der Waals surface area contributed by atoms with Gasteiger partial charge in [-0.3, -0.25) is 4.90 Å². The van der Waals surface area contributed by atoms with E-state index >= 15 is 0 Å². The minimum atomic E-state index is 0.0479. The molecule has 5 nitrogen and oxygen atoms in total. The second-order valence-corrected chi connectivity index (χ2v) is 8.73. The molecule has 0 saturated carbocycles.